The monoisotopic (exact) mass is 724 g/mol. The molecule has 1 aliphatic carbocycles. The maximum atomic E-state index is 5.21. The summed E-state index contributed by atoms with van der Waals surface area (Å²) < 4.78 is 0. The molecule has 0 saturated heterocycles. The lowest BCUT2D eigenvalue weighted by Gasteiger charge is -2.25. The Labute approximate surface area is 330 Å². The Morgan fingerprint density at radius 2 is 1.20 bits per heavy atom. The number of aromatic nitrogens is 3. The van der Waals surface area contributed by atoms with E-state index in [0.29, 0.717) is 17.5 Å². The summed E-state index contributed by atoms with van der Waals surface area (Å²) in [5, 5.41) is 0. The molecule has 56 heavy (non-hydrogen) atoms. The van der Waals surface area contributed by atoms with E-state index in [-0.39, 0.29) is 5.92 Å². The number of rotatable bonds is 11. The Morgan fingerprint density at radius 3 is 1.88 bits per heavy atom. The molecule has 272 valence electrons. The normalized spacial score (nSPS) is 14.1. The molecular formula is C52H44N4. The third kappa shape index (κ3) is 7.69. The first-order chi connectivity index (χ1) is 27.6. The first kappa shape index (κ1) is 36.1. The molecule has 1 aliphatic rings. The van der Waals surface area contributed by atoms with Gasteiger partial charge in [0, 0.05) is 39.7 Å². The summed E-state index contributed by atoms with van der Waals surface area (Å²) in [4.78, 5) is 17.7. The first-order valence-corrected chi connectivity index (χ1v) is 19.2. The summed E-state index contributed by atoms with van der Waals surface area (Å²) in [6.45, 7) is 8.82. The van der Waals surface area contributed by atoms with Crippen molar-refractivity contribution < 1.29 is 0 Å². The number of benzene rings is 6. The Balaban J connectivity index is 1.13. The van der Waals surface area contributed by atoms with Crippen LogP contribution in [0.4, 0.5) is 17.1 Å². The fourth-order valence-electron chi connectivity index (χ4n) is 7.57. The van der Waals surface area contributed by atoms with E-state index in [1.807, 2.05) is 55.5 Å². The number of hydrogen-bond acceptors (Lipinski definition) is 4. The molecule has 0 saturated carbocycles. The standard InChI is InChI=1S/C52H44N4/c1-4-5-9-19-40-20-16-17-28-47(40)51-53-50(41-21-10-6-11-22-41)54-52(55-51)48-29-18-23-42-36-38(3)46(49(42)48)35-30-37(2)39-31-33-45(34-32-39)56(43-24-12-7-13-25-43)44-26-14-8-15-27-44/h4-34,46H,3,35-36H2,1-2H3/b5-4-,19-9-,37-30+. The van der Waals surface area contributed by atoms with Gasteiger partial charge in [-0.3, -0.25) is 0 Å². The van der Waals surface area contributed by atoms with Gasteiger partial charge in [-0.05, 0) is 90.9 Å². The highest BCUT2D eigenvalue weighted by Gasteiger charge is 2.29. The Bertz CT molecular complexity index is 2510. The van der Waals surface area contributed by atoms with Gasteiger partial charge in [0.2, 0.25) is 0 Å². The quantitative estimate of drug-likeness (QED) is 0.0984. The van der Waals surface area contributed by atoms with Crippen LogP contribution in [0.2, 0.25) is 0 Å². The number of fused-ring (bicyclic) bond motifs is 1. The molecule has 6 aromatic carbocycles. The van der Waals surface area contributed by atoms with E-state index in [0.717, 1.165) is 52.2 Å². The summed E-state index contributed by atoms with van der Waals surface area (Å²) in [5.74, 6) is 2.12. The van der Waals surface area contributed by atoms with Gasteiger partial charge in [-0.1, -0.05) is 164 Å². The SMILES string of the molecule is C=C1Cc2cccc(-c3nc(-c4ccccc4)nc(-c4ccccc4/C=C\C=C/C)n3)c2C1C/C=C(\C)c1ccc(N(c2ccccc2)c2ccccc2)cc1. The molecule has 0 aliphatic heterocycles. The molecule has 1 aromatic heterocycles. The fraction of sp³-hybridized carbons (Fsp3) is 0.0962. The van der Waals surface area contributed by atoms with Gasteiger partial charge >= 0.3 is 0 Å². The van der Waals surface area contributed by atoms with Gasteiger partial charge in [-0.2, -0.15) is 0 Å². The van der Waals surface area contributed by atoms with Crippen molar-refractivity contribution in [2.24, 2.45) is 0 Å². The van der Waals surface area contributed by atoms with Gasteiger partial charge in [-0.25, -0.2) is 15.0 Å². The van der Waals surface area contributed by atoms with Crippen molar-refractivity contribution in [2.75, 3.05) is 4.90 Å². The van der Waals surface area contributed by atoms with E-state index in [2.05, 4.69) is 158 Å². The largest absolute Gasteiger partial charge is 0.311 e. The molecular weight excluding hydrogens is 681 g/mol. The zero-order valence-electron chi connectivity index (χ0n) is 31.9. The van der Waals surface area contributed by atoms with E-state index < -0.39 is 0 Å². The van der Waals surface area contributed by atoms with E-state index >= 15 is 0 Å². The van der Waals surface area contributed by atoms with Crippen LogP contribution in [0, 0.1) is 0 Å². The Hall–Kier alpha value is -6.91. The molecule has 0 fully saturated rings. The molecule has 0 bridgehead atoms. The number of nitrogens with zero attached hydrogens (tertiary/aromatic N) is 4. The van der Waals surface area contributed by atoms with Crippen molar-refractivity contribution in [3.8, 4) is 34.2 Å². The van der Waals surface area contributed by atoms with Crippen LogP contribution in [0.15, 0.2) is 194 Å². The van der Waals surface area contributed by atoms with E-state index in [1.165, 1.54) is 27.8 Å². The van der Waals surface area contributed by atoms with Crippen LogP contribution in [-0.4, -0.2) is 15.0 Å². The lowest BCUT2D eigenvalue weighted by Crippen LogP contribution is -2.09. The Kier molecular flexibility index (Phi) is 10.7. The molecule has 0 N–H and O–H groups in total. The molecule has 4 nitrogen and oxygen atoms in total. The van der Waals surface area contributed by atoms with Crippen LogP contribution < -0.4 is 4.90 Å². The van der Waals surface area contributed by atoms with Gasteiger partial charge in [0.05, 0.1) is 0 Å². The second-order valence-corrected chi connectivity index (χ2v) is 14.1. The van der Waals surface area contributed by atoms with Crippen molar-refractivity contribution in [3.63, 3.8) is 0 Å². The topological polar surface area (TPSA) is 41.9 Å². The van der Waals surface area contributed by atoms with Crippen molar-refractivity contribution in [1.29, 1.82) is 0 Å². The fourth-order valence-corrected chi connectivity index (χ4v) is 7.57. The maximum absolute atomic E-state index is 5.21. The van der Waals surface area contributed by atoms with Crippen molar-refractivity contribution in [2.45, 2.75) is 32.6 Å². The second kappa shape index (κ2) is 16.6. The first-order valence-electron chi connectivity index (χ1n) is 19.2. The van der Waals surface area contributed by atoms with Crippen LogP contribution in [0.5, 0.6) is 0 Å². The van der Waals surface area contributed by atoms with Gasteiger partial charge < -0.3 is 4.90 Å². The predicted molar refractivity (Wildman–Crippen MR) is 235 cm³/mol. The van der Waals surface area contributed by atoms with Crippen molar-refractivity contribution in [1.82, 2.24) is 15.0 Å². The smallest absolute Gasteiger partial charge is 0.164 e. The van der Waals surface area contributed by atoms with Gasteiger partial charge in [-0.15, -0.1) is 0 Å². The number of allylic oxidation sites excluding steroid dienone is 6. The average molecular weight is 725 g/mol. The zero-order chi connectivity index (χ0) is 38.3. The van der Waals surface area contributed by atoms with Gasteiger partial charge in [0.15, 0.2) is 17.5 Å². The van der Waals surface area contributed by atoms with E-state index in [9.17, 15) is 0 Å². The summed E-state index contributed by atoms with van der Waals surface area (Å²) in [6, 6.07) is 54.9. The Morgan fingerprint density at radius 1 is 0.625 bits per heavy atom. The lowest BCUT2D eigenvalue weighted by atomic mass is 9.89. The highest BCUT2D eigenvalue weighted by atomic mass is 15.1. The minimum Gasteiger partial charge on any atom is -0.311 e. The zero-order valence-corrected chi connectivity index (χ0v) is 31.9. The molecule has 1 atom stereocenters. The summed E-state index contributed by atoms with van der Waals surface area (Å²) in [6.07, 6.45) is 12.2. The maximum Gasteiger partial charge on any atom is 0.164 e. The number of para-hydroxylation sites is 2. The summed E-state index contributed by atoms with van der Waals surface area (Å²) >= 11 is 0. The van der Waals surface area contributed by atoms with Gasteiger partial charge in [0.25, 0.3) is 0 Å². The molecule has 8 rings (SSSR count). The molecule has 0 radical (unpaired) electrons. The van der Waals surface area contributed by atoms with Crippen molar-refractivity contribution in [3.05, 3.63) is 216 Å². The molecule has 7 aromatic rings. The summed E-state index contributed by atoms with van der Waals surface area (Å²) in [7, 11) is 0. The number of hydrogen-bond donors (Lipinski definition) is 0. The average Bonchev–Trinajstić information content (AvgIpc) is 3.59. The van der Waals surface area contributed by atoms with Crippen molar-refractivity contribution >= 4 is 28.7 Å². The summed E-state index contributed by atoms with van der Waals surface area (Å²) in [5.41, 5.74) is 13.5. The molecule has 1 unspecified atom stereocenters. The highest BCUT2D eigenvalue weighted by molar-refractivity contribution is 5.79. The predicted octanol–water partition coefficient (Wildman–Crippen LogP) is 13.6. The third-order valence-electron chi connectivity index (χ3n) is 10.4. The number of anilines is 3. The van der Waals surface area contributed by atoms with Crippen LogP contribution in [0.3, 0.4) is 0 Å². The molecule has 4 heteroatoms. The third-order valence-corrected chi connectivity index (χ3v) is 10.4. The molecule has 0 spiro atoms. The van der Waals surface area contributed by atoms with Gasteiger partial charge in [0.1, 0.15) is 0 Å². The molecule has 0 amide bonds. The minimum atomic E-state index is 0.138. The lowest BCUT2D eigenvalue weighted by molar-refractivity contribution is 0.837. The van der Waals surface area contributed by atoms with Crippen LogP contribution in [0.25, 0.3) is 45.8 Å². The van der Waals surface area contributed by atoms with E-state index in [1.54, 1.807) is 0 Å². The molecule has 1 heterocycles. The van der Waals surface area contributed by atoms with Crippen LogP contribution >= 0.6 is 0 Å². The second-order valence-electron chi connectivity index (χ2n) is 14.1. The highest BCUT2D eigenvalue weighted by Crippen LogP contribution is 2.45. The van der Waals surface area contributed by atoms with Crippen LogP contribution in [0.1, 0.15) is 48.4 Å². The van der Waals surface area contributed by atoms with E-state index in [4.69, 9.17) is 15.0 Å². The van der Waals surface area contributed by atoms with Crippen LogP contribution in [-0.2, 0) is 6.42 Å². The minimum absolute atomic E-state index is 0.138.